The maximum Gasteiger partial charge on any atom is 0.115 e. The molecule has 0 atom stereocenters. The van der Waals surface area contributed by atoms with Gasteiger partial charge < -0.3 is 4.40 Å². The van der Waals surface area contributed by atoms with Crippen LogP contribution in [0.25, 0.3) is 60.1 Å². The van der Waals surface area contributed by atoms with Gasteiger partial charge in [-0.15, -0.1) is 0 Å². The van der Waals surface area contributed by atoms with Crippen molar-refractivity contribution in [3.8, 4) is 11.3 Å². The highest BCUT2D eigenvalue weighted by molar-refractivity contribution is 6.28. The van der Waals surface area contributed by atoms with Gasteiger partial charge in [0.15, 0.2) is 0 Å². The summed E-state index contributed by atoms with van der Waals surface area (Å²) in [4.78, 5) is 4.95. The molecule has 0 unspecified atom stereocenters. The zero-order chi connectivity index (χ0) is 25.6. The van der Waals surface area contributed by atoms with E-state index in [4.69, 9.17) is 4.98 Å². The molecule has 38 heavy (non-hydrogen) atoms. The molecule has 0 aliphatic heterocycles. The number of aromatic nitrogens is 2. The molecule has 1 aliphatic carbocycles. The van der Waals surface area contributed by atoms with Gasteiger partial charge in [0.2, 0.25) is 0 Å². The van der Waals surface area contributed by atoms with Crippen LogP contribution in [0.3, 0.4) is 0 Å². The predicted molar refractivity (Wildman–Crippen MR) is 164 cm³/mol. The fraction of sp³-hybridized carbons (Fsp3) is 0.229. The Morgan fingerprint density at radius 1 is 0.711 bits per heavy atom. The molecule has 1 saturated carbocycles. The topological polar surface area (TPSA) is 17.3 Å². The first kappa shape index (κ1) is 22.2. The maximum absolute atomic E-state index is 4.95. The van der Waals surface area contributed by atoms with Crippen LogP contribution >= 0.6 is 0 Å². The molecule has 0 radical (unpaired) electrons. The second kappa shape index (κ2) is 7.60. The monoisotopic (exact) mass is 490 g/mol. The summed E-state index contributed by atoms with van der Waals surface area (Å²) in [6, 6.07) is 31.4. The van der Waals surface area contributed by atoms with E-state index in [0.717, 1.165) is 5.69 Å². The minimum atomic E-state index is 0.195. The molecule has 0 spiro atoms. The Hall–Kier alpha value is -3.85. The third-order valence-electron chi connectivity index (χ3n) is 9.63. The Labute approximate surface area is 224 Å². The normalized spacial score (nSPS) is 17.3. The lowest BCUT2D eigenvalue weighted by Gasteiger charge is -2.42. The lowest BCUT2D eigenvalue weighted by Crippen LogP contribution is -2.35. The van der Waals surface area contributed by atoms with Gasteiger partial charge in [0.25, 0.3) is 0 Å². The minimum absolute atomic E-state index is 0.195. The number of benzene rings is 4. The molecule has 4 aromatic carbocycles. The first-order valence-corrected chi connectivity index (χ1v) is 14.0. The van der Waals surface area contributed by atoms with Crippen LogP contribution in [0.1, 0.15) is 45.1 Å². The molecular weight excluding hydrogens is 459 g/mol. The second-order valence-electron chi connectivity index (χ2n) is 12.6. The predicted octanol–water partition coefficient (Wildman–Crippen LogP) is 8.48. The van der Waals surface area contributed by atoms with E-state index in [1.165, 1.54) is 85.7 Å². The van der Waals surface area contributed by atoms with Crippen LogP contribution in [0.5, 0.6) is 0 Å². The summed E-state index contributed by atoms with van der Waals surface area (Å²) in [5, 5.41) is 8.08. The fourth-order valence-electron chi connectivity index (χ4n) is 7.24. The van der Waals surface area contributed by atoms with Gasteiger partial charge in [0.05, 0.1) is 22.2 Å². The number of nitrogens with zero attached hydrogens (tertiary/aromatic N) is 2. The van der Waals surface area contributed by atoms with Gasteiger partial charge in [-0.25, -0.2) is 0 Å². The van der Waals surface area contributed by atoms with Crippen molar-refractivity contribution in [2.75, 3.05) is 0 Å². The summed E-state index contributed by atoms with van der Waals surface area (Å²) in [6.07, 6.45) is 7.06. The van der Waals surface area contributed by atoms with Gasteiger partial charge >= 0.3 is 0 Å². The molecule has 8 rings (SSSR count). The van der Waals surface area contributed by atoms with E-state index in [-0.39, 0.29) is 5.31 Å². The van der Waals surface area contributed by atoms with Crippen molar-refractivity contribution >= 4 is 56.7 Å². The highest BCUT2D eigenvalue weighted by Gasteiger charge is 2.38. The molecule has 0 saturated heterocycles. The maximum atomic E-state index is 4.95. The molecule has 1 fully saturated rings. The van der Waals surface area contributed by atoms with Gasteiger partial charge in [0.1, 0.15) is 7.85 Å². The molecular formula is C35H31BN2. The molecule has 3 heterocycles. The van der Waals surface area contributed by atoms with Crippen LogP contribution in [-0.4, -0.2) is 17.2 Å². The largest absolute Gasteiger partial charge is 0.307 e. The van der Waals surface area contributed by atoms with E-state index in [1.807, 2.05) is 6.20 Å². The summed E-state index contributed by atoms with van der Waals surface area (Å²) in [7, 11) is 2.51. The van der Waals surface area contributed by atoms with Crippen molar-refractivity contribution in [1.29, 1.82) is 0 Å². The Bertz CT molecular complexity index is 2020. The van der Waals surface area contributed by atoms with E-state index < -0.39 is 0 Å². The van der Waals surface area contributed by atoms with Crippen LogP contribution < -0.4 is 0 Å². The quantitative estimate of drug-likeness (QED) is 0.222. The Morgan fingerprint density at radius 3 is 2.26 bits per heavy atom. The highest BCUT2D eigenvalue weighted by atomic mass is 14.9. The van der Waals surface area contributed by atoms with Crippen LogP contribution in [-0.2, 0) is 5.31 Å². The van der Waals surface area contributed by atoms with Crippen molar-refractivity contribution in [3.05, 3.63) is 96.7 Å². The van der Waals surface area contributed by atoms with Gasteiger partial charge in [-0.05, 0) is 46.7 Å². The number of para-hydroxylation sites is 2. The second-order valence-corrected chi connectivity index (χ2v) is 12.6. The van der Waals surface area contributed by atoms with Crippen molar-refractivity contribution in [2.45, 2.75) is 44.8 Å². The molecule has 3 aromatic heterocycles. The van der Waals surface area contributed by atoms with Crippen molar-refractivity contribution in [1.82, 2.24) is 9.38 Å². The average molecular weight is 490 g/mol. The smallest absolute Gasteiger partial charge is 0.115 e. The van der Waals surface area contributed by atoms with Crippen molar-refractivity contribution in [2.24, 2.45) is 5.41 Å². The number of hydrogen-bond acceptors (Lipinski definition) is 1. The van der Waals surface area contributed by atoms with Crippen molar-refractivity contribution in [3.63, 3.8) is 0 Å². The molecule has 0 amide bonds. The Morgan fingerprint density at radius 2 is 1.42 bits per heavy atom. The number of fused-ring (bicyclic) bond motifs is 7. The SMILES string of the molecule is BC1(c2ccc3c4cccc(-c5cc6ccccc6cn5)c4n4c5ccccc5c2c34)CCC(C)(C)CC1. The Kier molecular flexibility index (Phi) is 4.43. The van der Waals surface area contributed by atoms with E-state index in [1.54, 1.807) is 0 Å². The Balaban J connectivity index is 1.48. The molecule has 7 aromatic rings. The lowest BCUT2D eigenvalue weighted by molar-refractivity contribution is 0.207. The molecule has 0 N–H and O–H groups in total. The average Bonchev–Trinajstić information content (AvgIpc) is 3.47. The van der Waals surface area contributed by atoms with E-state index in [9.17, 15) is 0 Å². The summed E-state index contributed by atoms with van der Waals surface area (Å²) in [5.74, 6) is 0. The van der Waals surface area contributed by atoms with Gasteiger partial charge in [-0.3, -0.25) is 4.98 Å². The molecule has 184 valence electrons. The molecule has 1 aliphatic rings. The highest BCUT2D eigenvalue weighted by Crippen LogP contribution is 2.50. The summed E-state index contributed by atoms with van der Waals surface area (Å²) < 4.78 is 2.54. The molecule has 3 heteroatoms. The fourth-order valence-corrected chi connectivity index (χ4v) is 7.24. The van der Waals surface area contributed by atoms with Gasteiger partial charge in [-0.2, -0.15) is 0 Å². The van der Waals surface area contributed by atoms with Gasteiger partial charge in [0, 0.05) is 38.7 Å². The zero-order valence-electron chi connectivity index (χ0n) is 22.4. The van der Waals surface area contributed by atoms with E-state index >= 15 is 0 Å². The first-order valence-electron chi connectivity index (χ1n) is 14.0. The minimum Gasteiger partial charge on any atom is -0.307 e. The third-order valence-corrected chi connectivity index (χ3v) is 9.63. The van der Waals surface area contributed by atoms with E-state index in [0.29, 0.717) is 5.41 Å². The summed E-state index contributed by atoms with van der Waals surface area (Å²) in [5.41, 5.74) is 8.13. The number of pyridine rings is 1. The molecule has 0 bridgehead atoms. The van der Waals surface area contributed by atoms with Gasteiger partial charge in [-0.1, -0.05) is 99.5 Å². The molecule has 2 nitrogen and oxygen atoms in total. The van der Waals surface area contributed by atoms with Crippen LogP contribution in [0.15, 0.2) is 91.1 Å². The lowest BCUT2D eigenvalue weighted by atomic mass is 9.52. The van der Waals surface area contributed by atoms with Crippen molar-refractivity contribution < 1.29 is 0 Å². The standard InChI is InChI=1S/C35H31BN2/c1-34(2)16-18-35(36,19-17-34)28-15-14-25-24-11-7-12-26(29-20-22-8-3-4-9-23(22)21-37-29)32(24)38-30-13-6-5-10-27(30)31(28)33(25)38/h3-15,20-21H,16-19,36H2,1-2H3. The first-order chi connectivity index (χ1) is 18.4. The van der Waals surface area contributed by atoms with Crippen LogP contribution in [0, 0.1) is 5.41 Å². The van der Waals surface area contributed by atoms with Crippen LogP contribution in [0.4, 0.5) is 0 Å². The van der Waals surface area contributed by atoms with Crippen LogP contribution in [0.2, 0.25) is 0 Å². The summed E-state index contributed by atoms with van der Waals surface area (Å²) in [6.45, 7) is 4.87. The zero-order valence-corrected chi connectivity index (χ0v) is 22.4. The third kappa shape index (κ3) is 2.99. The number of rotatable bonds is 2. The summed E-state index contributed by atoms with van der Waals surface area (Å²) >= 11 is 0. The van der Waals surface area contributed by atoms with E-state index in [2.05, 4.69) is 111 Å². The number of hydrogen-bond donors (Lipinski definition) is 0.